The minimum Gasteiger partial charge on any atom is -0.469 e. The molecule has 7 heteroatoms. The number of halogens is 1. The van der Waals surface area contributed by atoms with Crippen molar-refractivity contribution in [3.8, 4) is 5.75 Å². The minimum atomic E-state index is -0.929. The van der Waals surface area contributed by atoms with Crippen molar-refractivity contribution in [1.29, 1.82) is 0 Å². The van der Waals surface area contributed by atoms with Crippen molar-refractivity contribution in [2.24, 2.45) is 0 Å². The summed E-state index contributed by atoms with van der Waals surface area (Å²) in [7, 11) is 1.27. The van der Waals surface area contributed by atoms with Gasteiger partial charge in [-0.25, -0.2) is 9.18 Å². The fourth-order valence-corrected chi connectivity index (χ4v) is 1.81. The first-order valence-corrected chi connectivity index (χ1v) is 7.10. The van der Waals surface area contributed by atoms with Gasteiger partial charge in [-0.1, -0.05) is 12.1 Å². The molecule has 0 aliphatic heterocycles. The number of carbonyl (C=O) groups is 2. The summed E-state index contributed by atoms with van der Waals surface area (Å²) in [5.74, 6) is -0.125. The third-order valence-electron chi connectivity index (χ3n) is 2.79. The van der Waals surface area contributed by atoms with Gasteiger partial charge in [-0.3, -0.25) is 4.79 Å². The first kappa shape index (κ1) is 18.7. The fraction of sp³-hybridized carbons (Fsp3) is 0.500. The van der Waals surface area contributed by atoms with Gasteiger partial charge in [-0.05, 0) is 38.5 Å². The molecule has 0 saturated heterocycles. The van der Waals surface area contributed by atoms with Crippen LogP contribution in [0.1, 0.15) is 38.8 Å². The number of methoxy groups -OCH3 is 1. The van der Waals surface area contributed by atoms with E-state index in [0.717, 1.165) is 0 Å². The van der Waals surface area contributed by atoms with Crippen LogP contribution in [0.2, 0.25) is 0 Å². The maximum atomic E-state index is 12.1. The van der Waals surface area contributed by atoms with Gasteiger partial charge in [-0.2, -0.15) is 0 Å². The van der Waals surface area contributed by atoms with E-state index in [1.54, 1.807) is 45.0 Å². The summed E-state index contributed by atoms with van der Waals surface area (Å²) in [4.78, 5) is 23.5. The molecule has 1 amide bonds. The highest BCUT2D eigenvalue weighted by molar-refractivity contribution is 5.73. The van der Waals surface area contributed by atoms with E-state index < -0.39 is 30.6 Å². The Labute approximate surface area is 134 Å². The largest absolute Gasteiger partial charge is 0.469 e. The second-order valence-electron chi connectivity index (χ2n) is 5.80. The molecule has 0 heterocycles. The zero-order chi connectivity index (χ0) is 17.5. The molecule has 0 bridgehead atoms. The molecule has 1 aromatic carbocycles. The molecule has 23 heavy (non-hydrogen) atoms. The Kier molecular flexibility index (Phi) is 6.81. The maximum absolute atomic E-state index is 12.1. The molecule has 0 fully saturated rings. The van der Waals surface area contributed by atoms with E-state index in [1.807, 2.05) is 0 Å². The molecular weight excluding hydrogens is 305 g/mol. The number of benzene rings is 1. The van der Waals surface area contributed by atoms with Crippen molar-refractivity contribution >= 4 is 12.1 Å². The topological polar surface area (TPSA) is 73.9 Å². The molecule has 1 N–H and O–H groups in total. The van der Waals surface area contributed by atoms with E-state index in [2.05, 4.69) is 10.1 Å². The summed E-state index contributed by atoms with van der Waals surface area (Å²) < 4.78 is 26.7. The Morgan fingerprint density at radius 1 is 1.22 bits per heavy atom. The van der Waals surface area contributed by atoms with Crippen molar-refractivity contribution in [3.63, 3.8) is 0 Å². The van der Waals surface area contributed by atoms with Gasteiger partial charge < -0.3 is 19.5 Å². The van der Waals surface area contributed by atoms with Crippen LogP contribution < -0.4 is 10.1 Å². The lowest BCUT2D eigenvalue weighted by molar-refractivity contribution is -0.141. The maximum Gasteiger partial charge on any atom is 0.408 e. The standard InChI is InChI=1S/C16H22FNO5/c1-16(2,3)23-15(20)18-13(9-14(19)21-4)11-5-7-12(8-6-11)22-10-17/h5-8,13H,9-10H2,1-4H3,(H,18,20)/t13-/m1/s1. The molecule has 0 aromatic heterocycles. The summed E-state index contributed by atoms with van der Waals surface area (Å²) in [6.07, 6.45) is -0.700. The number of amides is 1. The lowest BCUT2D eigenvalue weighted by Crippen LogP contribution is -2.35. The van der Waals surface area contributed by atoms with Gasteiger partial charge in [0.05, 0.1) is 19.6 Å². The third kappa shape index (κ3) is 6.99. The molecule has 0 spiro atoms. The van der Waals surface area contributed by atoms with Gasteiger partial charge in [0.15, 0.2) is 0 Å². The number of rotatable bonds is 6. The Morgan fingerprint density at radius 2 is 1.83 bits per heavy atom. The SMILES string of the molecule is COC(=O)C[C@@H](NC(=O)OC(C)(C)C)c1ccc(OCF)cc1. The van der Waals surface area contributed by atoms with Crippen molar-refractivity contribution in [3.05, 3.63) is 29.8 Å². The van der Waals surface area contributed by atoms with E-state index in [1.165, 1.54) is 7.11 Å². The average molecular weight is 327 g/mol. The van der Waals surface area contributed by atoms with Crippen LogP contribution >= 0.6 is 0 Å². The zero-order valence-corrected chi connectivity index (χ0v) is 13.7. The number of hydrogen-bond acceptors (Lipinski definition) is 5. The van der Waals surface area contributed by atoms with Crippen LogP contribution in [0.3, 0.4) is 0 Å². The van der Waals surface area contributed by atoms with E-state index in [0.29, 0.717) is 11.3 Å². The van der Waals surface area contributed by atoms with Crippen LogP contribution in [0.25, 0.3) is 0 Å². The van der Waals surface area contributed by atoms with Crippen LogP contribution in [0, 0.1) is 0 Å². The monoisotopic (exact) mass is 327 g/mol. The number of alkyl carbamates (subject to hydrolysis) is 1. The lowest BCUT2D eigenvalue weighted by Gasteiger charge is -2.23. The lowest BCUT2D eigenvalue weighted by atomic mass is 10.0. The number of esters is 1. The van der Waals surface area contributed by atoms with Crippen LogP contribution in [-0.4, -0.2) is 31.6 Å². The van der Waals surface area contributed by atoms with Crippen molar-refractivity contribution < 1.29 is 28.2 Å². The summed E-state index contributed by atoms with van der Waals surface area (Å²) in [6, 6.07) is 5.74. The predicted octanol–water partition coefficient (Wildman–Crippen LogP) is 3.12. The Bertz CT molecular complexity index is 524. The van der Waals surface area contributed by atoms with Gasteiger partial charge in [0.1, 0.15) is 11.4 Å². The van der Waals surface area contributed by atoms with E-state index in [9.17, 15) is 14.0 Å². The van der Waals surface area contributed by atoms with Crippen molar-refractivity contribution in [2.45, 2.75) is 38.8 Å². The highest BCUT2D eigenvalue weighted by Gasteiger charge is 2.23. The van der Waals surface area contributed by atoms with Gasteiger partial charge in [-0.15, -0.1) is 0 Å². The van der Waals surface area contributed by atoms with Gasteiger partial charge in [0, 0.05) is 0 Å². The van der Waals surface area contributed by atoms with Crippen LogP contribution in [-0.2, 0) is 14.3 Å². The quantitative estimate of drug-likeness (QED) is 0.813. The molecule has 1 aromatic rings. The van der Waals surface area contributed by atoms with E-state index >= 15 is 0 Å². The van der Waals surface area contributed by atoms with E-state index in [4.69, 9.17) is 9.47 Å². The third-order valence-corrected chi connectivity index (χ3v) is 2.79. The fourth-order valence-electron chi connectivity index (χ4n) is 1.81. The number of ether oxygens (including phenoxy) is 3. The molecule has 0 saturated carbocycles. The molecule has 0 unspecified atom stereocenters. The summed E-state index contributed by atoms with van der Waals surface area (Å²) in [6.45, 7) is 4.29. The average Bonchev–Trinajstić information content (AvgIpc) is 2.45. The summed E-state index contributed by atoms with van der Waals surface area (Å²) in [5.41, 5.74) is -0.00824. The molecule has 0 radical (unpaired) electrons. The normalized spacial score (nSPS) is 12.2. The van der Waals surface area contributed by atoms with Gasteiger partial charge >= 0.3 is 12.1 Å². The first-order chi connectivity index (χ1) is 10.7. The highest BCUT2D eigenvalue weighted by Crippen LogP contribution is 2.22. The van der Waals surface area contributed by atoms with Gasteiger partial charge in [0.2, 0.25) is 6.86 Å². The minimum absolute atomic E-state index is 0.0565. The van der Waals surface area contributed by atoms with Crippen molar-refractivity contribution in [2.75, 3.05) is 14.0 Å². The molecule has 0 aliphatic carbocycles. The van der Waals surface area contributed by atoms with Crippen LogP contribution in [0.15, 0.2) is 24.3 Å². The zero-order valence-electron chi connectivity index (χ0n) is 13.7. The second-order valence-corrected chi connectivity index (χ2v) is 5.80. The Balaban J connectivity index is 2.87. The molecule has 6 nitrogen and oxygen atoms in total. The summed E-state index contributed by atoms with van der Waals surface area (Å²) in [5, 5.41) is 2.63. The first-order valence-electron chi connectivity index (χ1n) is 7.10. The van der Waals surface area contributed by atoms with Gasteiger partial charge in [0.25, 0.3) is 0 Å². The molecule has 128 valence electrons. The predicted molar refractivity (Wildman–Crippen MR) is 81.8 cm³/mol. The molecule has 1 atom stereocenters. The Morgan fingerprint density at radius 3 is 2.30 bits per heavy atom. The smallest absolute Gasteiger partial charge is 0.408 e. The number of alkyl halides is 1. The second kappa shape index (κ2) is 8.36. The highest BCUT2D eigenvalue weighted by atomic mass is 19.1. The number of hydrogen-bond donors (Lipinski definition) is 1. The summed E-state index contributed by atoms with van der Waals surface area (Å²) >= 11 is 0. The molecular formula is C16H22FNO5. The molecule has 0 aliphatic rings. The van der Waals surface area contributed by atoms with E-state index in [-0.39, 0.29) is 6.42 Å². The number of nitrogens with one attached hydrogen (secondary N) is 1. The van der Waals surface area contributed by atoms with Crippen LogP contribution in [0.5, 0.6) is 5.75 Å². The Hall–Kier alpha value is -2.31. The van der Waals surface area contributed by atoms with Crippen molar-refractivity contribution in [1.82, 2.24) is 5.32 Å². The number of carbonyl (C=O) groups excluding carboxylic acids is 2. The van der Waals surface area contributed by atoms with Crippen LogP contribution in [0.4, 0.5) is 9.18 Å². The molecule has 1 rings (SSSR count).